The molecule has 0 aromatic rings. The molecule has 0 spiro atoms. The molecule has 5 nitrogen and oxygen atoms in total. The van der Waals surface area contributed by atoms with E-state index in [0.29, 0.717) is 43.7 Å². The molecule has 1 saturated carbocycles. The normalized spacial score (nSPS) is 29.7. The van der Waals surface area contributed by atoms with E-state index >= 15 is 0 Å². The Morgan fingerprint density at radius 1 is 1.17 bits per heavy atom. The molecule has 0 radical (unpaired) electrons. The maximum Gasteiger partial charge on any atom is 0.248 e. The van der Waals surface area contributed by atoms with Gasteiger partial charge in [0.05, 0.1) is 6.10 Å². The van der Waals surface area contributed by atoms with Crippen molar-refractivity contribution in [2.75, 3.05) is 19.7 Å². The lowest BCUT2D eigenvalue weighted by molar-refractivity contribution is -0.144. The van der Waals surface area contributed by atoms with Crippen LogP contribution in [0.3, 0.4) is 0 Å². The van der Waals surface area contributed by atoms with E-state index in [-0.39, 0.29) is 30.4 Å². The monoisotopic (exact) mass is 324 g/mol. The van der Waals surface area contributed by atoms with Crippen LogP contribution in [-0.4, -0.2) is 42.5 Å². The number of ether oxygens (including phenoxy) is 1. The predicted molar refractivity (Wildman–Crippen MR) is 89.6 cm³/mol. The summed E-state index contributed by atoms with van der Waals surface area (Å²) in [6, 6.07) is 0. The molecule has 1 heterocycles. The van der Waals surface area contributed by atoms with Gasteiger partial charge < -0.3 is 15.4 Å². The smallest absolute Gasteiger partial charge is 0.248 e. The molecule has 2 N–H and O–H groups in total. The van der Waals surface area contributed by atoms with E-state index in [1.807, 2.05) is 4.90 Å². The number of carbonyl (C=O) groups excluding carboxylic acids is 2. The molecule has 2 amide bonds. The van der Waals surface area contributed by atoms with Crippen LogP contribution >= 0.6 is 0 Å². The lowest BCUT2D eigenvalue weighted by atomic mass is 9.75. The van der Waals surface area contributed by atoms with E-state index < -0.39 is 0 Å². The number of nitrogens with zero attached hydrogens (tertiary/aromatic N) is 1. The quantitative estimate of drug-likeness (QED) is 0.842. The van der Waals surface area contributed by atoms with Crippen LogP contribution in [0.4, 0.5) is 0 Å². The number of carbonyl (C=O) groups is 2. The van der Waals surface area contributed by atoms with Crippen LogP contribution < -0.4 is 5.73 Å². The number of primary amides is 1. The molecule has 0 aromatic heterocycles. The van der Waals surface area contributed by atoms with Crippen molar-refractivity contribution in [1.29, 1.82) is 0 Å². The van der Waals surface area contributed by atoms with Crippen molar-refractivity contribution < 1.29 is 14.3 Å². The standard InChI is InChI=1S/C18H32N2O3/c1-12(2)15-5-4-13(3)10-16(15)23-11-17(21)20-8-6-14(7-9-20)18(19)22/h12-16H,4-11H2,1-3H3,(H2,19,22)/t13-,15+,16-/m1/s1. The van der Waals surface area contributed by atoms with Gasteiger partial charge in [0.1, 0.15) is 6.61 Å². The molecule has 1 aliphatic carbocycles. The molecule has 1 saturated heterocycles. The molecule has 23 heavy (non-hydrogen) atoms. The molecular weight excluding hydrogens is 292 g/mol. The number of hydrogen-bond donors (Lipinski definition) is 1. The van der Waals surface area contributed by atoms with Gasteiger partial charge in [0, 0.05) is 19.0 Å². The first kappa shape index (κ1) is 18.2. The largest absolute Gasteiger partial charge is 0.369 e. The summed E-state index contributed by atoms with van der Waals surface area (Å²) >= 11 is 0. The molecule has 0 unspecified atom stereocenters. The summed E-state index contributed by atoms with van der Waals surface area (Å²) in [4.78, 5) is 25.4. The minimum Gasteiger partial charge on any atom is -0.369 e. The minimum absolute atomic E-state index is 0.0497. The summed E-state index contributed by atoms with van der Waals surface area (Å²) in [6.45, 7) is 8.15. The molecular formula is C18H32N2O3. The first-order chi connectivity index (χ1) is 10.9. The SMILES string of the molecule is CC(C)[C@@H]1CC[C@@H](C)C[C@H]1OCC(=O)N1CCC(C(N)=O)CC1. The van der Waals surface area contributed by atoms with Gasteiger partial charge in [0.15, 0.2) is 0 Å². The van der Waals surface area contributed by atoms with Gasteiger partial charge in [-0.2, -0.15) is 0 Å². The Balaban J connectivity index is 1.80. The molecule has 5 heteroatoms. The summed E-state index contributed by atoms with van der Waals surface area (Å²) in [7, 11) is 0. The second-order valence-electron chi connectivity index (χ2n) is 7.73. The number of likely N-dealkylation sites (tertiary alicyclic amines) is 1. The van der Waals surface area contributed by atoms with Crippen LogP contribution in [0.2, 0.25) is 0 Å². The summed E-state index contributed by atoms with van der Waals surface area (Å²) in [5.74, 6) is 1.55. The highest BCUT2D eigenvalue weighted by atomic mass is 16.5. The fraction of sp³-hybridized carbons (Fsp3) is 0.889. The fourth-order valence-corrected chi connectivity index (χ4v) is 3.99. The van der Waals surface area contributed by atoms with Gasteiger partial charge in [-0.15, -0.1) is 0 Å². The third kappa shape index (κ3) is 4.93. The highest BCUT2D eigenvalue weighted by Gasteiger charge is 2.32. The summed E-state index contributed by atoms with van der Waals surface area (Å²) in [5, 5.41) is 0. The lowest BCUT2D eigenvalue weighted by Crippen LogP contribution is -2.44. The van der Waals surface area contributed by atoms with E-state index in [9.17, 15) is 9.59 Å². The van der Waals surface area contributed by atoms with Crippen LogP contribution in [-0.2, 0) is 14.3 Å². The number of hydrogen-bond acceptors (Lipinski definition) is 3. The maximum atomic E-state index is 12.4. The zero-order chi connectivity index (χ0) is 17.0. The van der Waals surface area contributed by atoms with Crippen molar-refractivity contribution in [3.63, 3.8) is 0 Å². The zero-order valence-corrected chi connectivity index (χ0v) is 14.8. The van der Waals surface area contributed by atoms with Crippen molar-refractivity contribution in [3.05, 3.63) is 0 Å². The van der Waals surface area contributed by atoms with Gasteiger partial charge in [0.2, 0.25) is 11.8 Å². The highest BCUT2D eigenvalue weighted by molar-refractivity contribution is 5.79. The van der Waals surface area contributed by atoms with E-state index in [1.54, 1.807) is 0 Å². The van der Waals surface area contributed by atoms with E-state index in [4.69, 9.17) is 10.5 Å². The van der Waals surface area contributed by atoms with Crippen molar-refractivity contribution in [3.8, 4) is 0 Å². The molecule has 3 atom stereocenters. The Morgan fingerprint density at radius 2 is 1.83 bits per heavy atom. The Labute approximate surface area is 139 Å². The zero-order valence-electron chi connectivity index (χ0n) is 14.8. The Kier molecular flexibility index (Phi) is 6.45. The van der Waals surface area contributed by atoms with E-state index in [0.717, 1.165) is 6.42 Å². The van der Waals surface area contributed by atoms with E-state index in [2.05, 4.69) is 20.8 Å². The van der Waals surface area contributed by atoms with Gasteiger partial charge in [-0.3, -0.25) is 9.59 Å². The number of amides is 2. The average molecular weight is 324 g/mol. The fourth-order valence-electron chi connectivity index (χ4n) is 3.99. The molecule has 2 aliphatic rings. The molecule has 0 bridgehead atoms. The third-order valence-corrected chi connectivity index (χ3v) is 5.63. The summed E-state index contributed by atoms with van der Waals surface area (Å²) < 4.78 is 6.03. The summed E-state index contributed by atoms with van der Waals surface area (Å²) in [6.07, 6.45) is 5.07. The van der Waals surface area contributed by atoms with Crippen LogP contribution in [0.15, 0.2) is 0 Å². The number of nitrogens with two attached hydrogens (primary N) is 1. The van der Waals surface area contributed by atoms with Crippen LogP contribution in [0.5, 0.6) is 0 Å². The summed E-state index contributed by atoms with van der Waals surface area (Å²) in [5.41, 5.74) is 5.33. The molecule has 1 aliphatic heterocycles. The number of piperidine rings is 1. The predicted octanol–water partition coefficient (Wildman–Crippen LogP) is 2.19. The van der Waals surface area contributed by atoms with Crippen LogP contribution in [0.25, 0.3) is 0 Å². The van der Waals surface area contributed by atoms with Crippen molar-refractivity contribution >= 4 is 11.8 Å². The van der Waals surface area contributed by atoms with Crippen molar-refractivity contribution in [2.24, 2.45) is 29.4 Å². The molecule has 132 valence electrons. The second-order valence-corrected chi connectivity index (χ2v) is 7.73. The molecule has 0 aromatic carbocycles. The van der Waals surface area contributed by atoms with Crippen LogP contribution in [0.1, 0.15) is 52.9 Å². The molecule has 2 fully saturated rings. The second kappa shape index (κ2) is 8.13. The van der Waals surface area contributed by atoms with Crippen LogP contribution in [0, 0.1) is 23.7 Å². The maximum absolute atomic E-state index is 12.4. The molecule has 2 rings (SSSR count). The van der Waals surface area contributed by atoms with Gasteiger partial charge in [0.25, 0.3) is 0 Å². The first-order valence-corrected chi connectivity index (χ1v) is 9.07. The third-order valence-electron chi connectivity index (χ3n) is 5.63. The van der Waals surface area contributed by atoms with Gasteiger partial charge in [-0.1, -0.05) is 27.2 Å². The van der Waals surface area contributed by atoms with Gasteiger partial charge in [-0.25, -0.2) is 0 Å². The van der Waals surface area contributed by atoms with Gasteiger partial charge in [-0.05, 0) is 43.4 Å². The van der Waals surface area contributed by atoms with Crippen molar-refractivity contribution in [2.45, 2.75) is 59.0 Å². The Morgan fingerprint density at radius 3 is 2.39 bits per heavy atom. The Bertz CT molecular complexity index is 416. The van der Waals surface area contributed by atoms with Gasteiger partial charge >= 0.3 is 0 Å². The first-order valence-electron chi connectivity index (χ1n) is 9.07. The van der Waals surface area contributed by atoms with Crippen molar-refractivity contribution in [1.82, 2.24) is 4.90 Å². The topological polar surface area (TPSA) is 72.6 Å². The Hall–Kier alpha value is -1.10. The average Bonchev–Trinajstić information content (AvgIpc) is 2.52. The number of rotatable bonds is 5. The minimum atomic E-state index is -0.246. The van der Waals surface area contributed by atoms with E-state index in [1.165, 1.54) is 12.8 Å². The highest BCUT2D eigenvalue weighted by Crippen LogP contribution is 2.35. The lowest BCUT2D eigenvalue weighted by Gasteiger charge is -2.37.